The molecular weight excluding hydrogens is 428 g/mol. The first kappa shape index (κ1) is 20.4. The lowest BCUT2D eigenvalue weighted by molar-refractivity contribution is -0.135. The minimum atomic E-state index is -0.728. The molecule has 3 aromatic carbocycles. The number of phenols is 3. The zero-order valence-corrected chi connectivity index (χ0v) is 17.4. The van der Waals surface area contributed by atoms with Gasteiger partial charge in [0, 0.05) is 17.5 Å². The van der Waals surface area contributed by atoms with Crippen LogP contribution in [0.5, 0.6) is 28.7 Å². The number of fused-ring (bicyclic) bond motifs is 3. The molecule has 3 N–H and O–H groups in total. The van der Waals surface area contributed by atoms with Crippen molar-refractivity contribution in [1.82, 2.24) is 0 Å². The molecule has 33 heavy (non-hydrogen) atoms. The number of esters is 1. The van der Waals surface area contributed by atoms with Crippen molar-refractivity contribution < 1.29 is 34.0 Å². The van der Waals surface area contributed by atoms with Gasteiger partial charge in [-0.05, 0) is 17.7 Å². The number of methoxy groups -OCH3 is 1. The van der Waals surface area contributed by atoms with Gasteiger partial charge in [0.25, 0.3) is 0 Å². The van der Waals surface area contributed by atoms with Crippen LogP contribution in [0.25, 0.3) is 22.3 Å². The van der Waals surface area contributed by atoms with Crippen LogP contribution in [0, 0.1) is 0 Å². The summed E-state index contributed by atoms with van der Waals surface area (Å²) < 4.78 is 16.6. The van der Waals surface area contributed by atoms with Crippen molar-refractivity contribution in [2.75, 3.05) is 7.11 Å². The number of hydrogen-bond acceptors (Lipinski definition) is 8. The summed E-state index contributed by atoms with van der Waals surface area (Å²) in [7, 11) is 1.40. The number of hydrogen-bond donors (Lipinski definition) is 3. The first-order valence-electron chi connectivity index (χ1n) is 10.1. The summed E-state index contributed by atoms with van der Waals surface area (Å²) in [5.74, 6) is -2.73. The lowest BCUT2D eigenvalue weighted by Gasteiger charge is -2.27. The highest BCUT2D eigenvalue weighted by atomic mass is 16.5. The van der Waals surface area contributed by atoms with Crippen LogP contribution in [0.3, 0.4) is 0 Å². The third-order valence-corrected chi connectivity index (χ3v) is 5.71. The average molecular weight is 446 g/mol. The zero-order chi connectivity index (χ0) is 23.3. The highest BCUT2D eigenvalue weighted by molar-refractivity contribution is 5.96. The van der Waals surface area contributed by atoms with E-state index in [0.717, 1.165) is 0 Å². The summed E-state index contributed by atoms with van der Waals surface area (Å²) in [5, 5.41) is 30.9. The molecule has 0 saturated heterocycles. The minimum Gasteiger partial charge on any atom is -0.504 e. The molecule has 0 aliphatic carbocycles. The predicted octanol–water partition coefficient (Wildman–Crippen LogP) is 4.03. The van der Waals surface area contributed by atoms with Gasteiger partial charge in [0.2, 0.25) is 5.75 Å². The molecule has 0 fully saturated rings. The molecule has 1 unspecified atom stereocenters. The highest BCUT2D eigenvalue weighted by Gasteiger charge is 2.37. The maximum atomic E-state index is 13.0. The number of benzene rings is 3. The fourth-order valence-electron chi connectivity index (χ4n) is 4.15. The van der Waals surface area contributed by atoms with E-state index in [1.807, 2.05) is 6.07 Å². The first-order chi connectivity index (χ1) is 15.9. The number of rotatable bonds is 3. The SMILES string of the molecule is COc1cc(C2CC(=O)Oc3c(O)c(O)c4c(=O)cc(-c5ccccc5)oc4c32)ccc1O. The summed E-state index contributed by atoms with van der Waals surface area (Å²) in [5.41, 5.74) is 0.860. The second-order valence-electron chi connectivity index (χ2n) is 7.65. The van der Waals surface area contributed by atoms with Crippen molar-refractivity contribution in [3.63, 3.8) is 0 Å². The molecule has 0 spiro atoms. The molecule has 1 atom stereocenters. The van der Waals surface area contributed by atoms with Crippen LogP contribution in [-0.2, 0) is 4.79 Å². The molecule has 0 saturated carbocycles. The van der Waals surface area contributed by atoms with Gasteiger partial charge in [-0.2, -0.15) is 0 Å². The van der Waals surface area contributed by atoms with E-state index in [-0.39, 0.29) is 46.0 Å². The Bertz CT molecular complexity index is 1470. The number of aromatic hydroxyl groups is 3. The molecule has 1 aromatic heterocycles. The third-order valence-electron chi connectivity index (χ3n) is 5.71. The first-order valence-corrected chi connectivity index (χ1v) is 10.1. The van der Waals surface area contributed by atoms with Gasteiger partial charge >= 0.3 is 5.97 Å². The third kappa shape index (κ3) is 3.23. The molecular formula is C25H18O8. The maximum absolute atomic E-state index is 13.0. The molecule has 166 valence electrons. The lowest BCUT2D eigenvalue weighted by Crippen LogP contribution is -2.22. The highest BCUT2D eigenvalue weighted by Crippen LogP contribution is 2.52. The smallest absolute Gasteiger partial charge is 0.312 e. The van der Waals surface area contributed by atoms with Gasteiger partial charge in [0.15, 0.2) is 28.4 Å². The Balaban J connectivity index is 1.86. The van der Waals surface area contributed by atoms with Gasteiger partial charge < -0.3 is 29.2 Å². The Labute approximate surface area is 186 Å². The Morgan fingerprint density at radius 1 is 0.970 bits per heavy atom. The van der Waals surface area contributed by atoms with Crippen molar-refractivity contribution in [2.24, 2.45) is 0 Å². The normalized spacial score (nSPS) is 15.2. The van der Waals surface area contributed by atoms with Crippen LogP contribution >= 0.6 is 0 Å². The van der Waals surface area contributed by atoms with Crippen LogP contribution in [-0.4, -0.2) is 28.4 Å². The van der Waals surface area contributed by atoms with Gasteiger partial charge in [-0.25, -0.2) is 0 Å². The van der Waals surface area contributed by atoms with Crippen LogP contribution in [0.1, 0.15) is 23.5 Å². The zero-order valence-electron chi connectivity index (χ0n) is 17.4. The van der Waals surface area contributed by atoms with Gasteiger partial charge in [0.05, 0.1) is 19.1 Å². The second-order valence-corrected chi connectivity index (χ2v) is 7.65. The summed E-state index contributed by atoms with van der Waals surface area (Å²) >= 11 is 0. The molecule has 0 bridgehead atoms. The predicted molar refractivity (Wildman–Crippen MR) is 118 cm³/mol. The van der Waals surface area contributed by atoms with E-state index in [1.165, 1.54) is 19.2 Å². The van der Waals surface area contributed by atoms with Crippen LogP contribution in [0.2, 0.25) is 0 Å². The minimum absolute atomic E-state index is 0.00352. The lowest BCUT2D eigenvalue weighted by atomic mass is 9.84. The van der Waals surface area contributed by atoms with Crippen molar-refractivity contribution in [2.45, 2.75) is 12.3 Å². The monoisotopic (exact) mass is 446 g/mol. The molecule has 5 rings (SSSR count). The maximum Gasteiger partial charge on any atom is 0.312 e. The fraction of sp³-hybridized carbons (Fsp3) is 0.120. The van der Waals surface area contributed by atoms with Crippen molar-refractivity contribution in [3.05, 3.63) is 75.9 Å². The number of ether oxygens (including phenoxy) is 2. The molecule has 1 aliphatic heterocycles. The van der Waals surface area contributed by atoms with Crippen LogP contribution in [0.4, 0.5) is 0 Å². The topological polar surface area (TPSA) is 126 Å². The van der Waals surface area contributed by atoms with Gasteiger partial charge in [0.1, 0.15) is 16.7 Å². The molecule has 4 aromatic rings. The van der Waals surface area contributed by atoms with E-state index in [9.17, 15) is 24.9 Å². The Morgan fingerprint density at radius 2 is 1.73 bits per heavy atom. The van der Waals surface area contributed by atoms with E-state index < -0.39 is 28.8 Å². The second kappa shape index (κ2) is 7.59. The summed E-state index contributed by atoms with van der Waals surface area (Å²) in [6.07, 6.45) is -0.125. The summed E-state index contributed by atoms with van der Waals surface area (Å²) in [6.45, 7) is 0. The van der Waals surface area contributed by atoms with Crippen LogP contribution < -0.4 is 14.9 Å². The van der Waals surface area contributed by atoms with Gasteiger partial charge in [-0.15, -0.1) is 0 Å². The fourth-order valence-corrected chi connectivity index (χ4v) is 4.15. The molecule has 0 amide bonds. The van der Waals surface area contributed by atoms with E-state index in [1.54, 1.807) is 36.4 Å². The number of carbonyl (C=O) groups is 1. The average Bonchev–Trinajstić information content (AvgIpc) is 2.82. The summed E-state index contributed by atoms with van der Waals surface area (Å²) in [6, 6.07) is 14.7. The van der Waals surface area contributed by atoms with E-state index in [2.05, 4.69) is 0 Å². The standard InChI is InChI=1S/C25H18O8/c1-31-18-9-13(7-8-15(18)26)14-10-19(28)33-25-20(14)24-21(22(29)23(25)30)16(27)11-17(32-24)12-5-3-2-4-6-12/h2-9,11,14,26,29-30H,10H2,1H3. The summed E-state index contributed by atoms with van der Waals surface area (Å²) in [4.78, 5) is 25.4. The molecule has 1 aliphatic rings. The molecule has 8 nitrogen and oxygen atoms in total. The van der Waals surface area contributed by atoms with Crippen molar-refractivity contribution >= 4 is 16.9 Å². The molecule has 0 radical (unpaired) electrons. The Hall–Kier alpha value is -4.46. The van der Waals surface area contributed by atoms with Gasteiger partial charge in [-0.3, -0.25) is 9.59 Å². The Kier molecular flexibility index (Phi) is 4.70. The van der Waals surface area contributed by atoms with E-state index in [4.69, 9.17) is 13.9 Å². The van der Waals surface area contributed by atoms with Crippen molar-refractivity contribution in [3.8, 4) is 40.1 Å². The largest absolute Gasteiger partial charge is 0.504 e. The van der Waals surface area contributed by atoms with Crippen molar-refractivity contribution in [1.29, 1.82) is 0 Å². The molecule has 2 heterocycles. The van der Waals surface area contributed by atoms with E-state index in [0.29, 0.717) is 11.1 Å². The molecule has 8 heteroatoms. The van der Waals surface area contributed by atoms with Gasteiger partial charge in [-0.1, -0.05) is 36.4 Å². The van der Waals surface area contributed by atoms with E-state index >= 15 is 0 Å². The quantitative estimate of drug-likeness (QED) is 0.245. The number of phenolic OH excluding ortho intramolecular Hbond substituents is 3. The van der Waals surface area contributed by atoms with Crippen LogP contribution in [0.15, 0.2) is 63.8 Å². The number of carbonyl (C=O) groups excluding carboxylic acids is 1. The Morgan fingerprint density at radius 3 is 2.45 bits per heavy atom.